The van der Waals surface area contributed by atoms with Crippen LogP contribution in [0.5, 0.6) is 0 Å². The first-order valence-electron chi connectivity index (χ1n) is 6.51. The molecule has 0 aromatic heterocycles. The number of aryl methyl sites for hydroxylation is 1. The van der Waals surface area contributed by atoms with E-state index in [4.69, 9.17) is 4.74 Å². The van der Waals surface area contributed by atoms with Gasteiger partial charge in [0.15, 0.2) is 0 Å². The van der Waals surface area contributed by atoms with E-state index in [1.54, 1.807) is 0 Å². The second kappa shape index (κ2) is 7.17. The van der Waals surface area contributed by atoms with E-state index in [2.05, 4.69) is 19.2 Å². The zero-order valence-electron chi connectivity index (χ0n) is 11.7. The molecule has 0 saturated carbocycles. The minimum atomic E-state index is -0.368. The fourth-order valence-corrected chi connectivity index (χ4v) is 1.77. The van der Waals surface area contributed by atoms with E-state index in [9.17, 15) is 4.79 Å². The topological polar surface area (TPSA) is 38.3 Å². The highest BCUT2D eigenvalue weighted by molar-refractivity contribution is 5.77. The maximum absolute atomic E-state index is 12.0. The van der Waals surface area contributed by atoms with Crippen molar-refractivity contribution < 1.29 is 9.53 Å². The second-order valence-corrected chi connectivity index (χ2v) is 4.90. The summed E-state index contributed by atoms with van der Waals surface area (Å²) < 4.78 is 5.13. The molecule has 3 heteroatoms. The summed E-state index contributed by atoms with van der Waals surface area (Å²) in [5.41, 5.74) is 2.11. The number of carbonyl (C=O) groups is 1. The van der Waals surface area contributed by atoms with Crippen molar-refractivity contribution in [3.63, 3.8) is 0 Å². The van der Waals surface area contributed by atoms with Crippen LogP contribution in [-0.2, 0) is 9.53 Å². The predicted octanol–water partition coefficient (Wildman–Crippen LogP) is 2.84. The van der Waals surface area contributed by atoms with Crippen LogP contribution in [0.3, 0.4) is 0 Å². The number of hydrogen-bond donors (Lipinski definition) is 1. The summed E-state index contributed by atoms with van der Waals surface area (Å²) in [5.74, 6) is 0.287. The van der Waals surface area contributed by atoms with E-state index >= 15 is 0 Å². The van der Waals surface area contributed by atoms with Gasteiger partial charge in [-0.25, -0.2) is 4.79 Å². The molecule has 0 amide bonds. The molecule has 0 aliphatic heterocycles. The molecule has 0 spiro atoms. The summed E-state index contributed by atoms with van der Waals surface area (Å²) in [6, 6.07) is 7.60. The molecule has 18 heavy (non-hydrogen) atoms. The minimum absolute atomic E-state index is 0.205. The molecule has 0 fully saturated rings. The summed E-state index contributed by atoms with van der Waals surface area (Å²) in [6.07, 6.45) is 0. The average molecular weight is 249 g/mol. The molecule has 0 saturated heterocycles. The van der Waals surface area contributed by atoms with Gasteiger partial charge in [0, 0.05) is 0 Å². The largest absolute Gasteiger partial charge is 0.465 e. The lowest BCUT2D eigenvalue weighted by atomic mass is 10.0. The summed E-state index contributed by atoms with van der Waals surface area (Å²) in [6.45, 7) is 9.28. The molecule has 1 atom stereocenters. The van der Waals surface area contributed by atoms with Gasteiger partial charge in [-0.15, -0.1) is 0 Å². The van der Waals surface area contributed by atoms with Crippen LogP contribution in [0.1, 0.15) is 37.9 Å². The van der Waals surface area contributed by atoms with Gasteiger partial charge in [0.05, 0.1) is 6.61 Å². The number of hydrogen-bond acceptors (Lipinski definition) is 3. The Morgan fingerprint density at radius 3 is 2.67 bits per heavy atom. The first-order chi connectivity index (χ1) is 8.54. The van der Waals surface area contributed by atoms with Gasteiger partial charge in [0.1, 0.15) is 6.04 Å². The van der Waals surface area contributed by atoms with E-state index < -0.39 is 0 Å². The molecule has 100 valence electrons. The van der Waals surface area contributed by atoms with Gasteiger partial charge in [-0.3, -0.25) is 0 Å². The minimum Gasteiger partial charge on any atom is -0.465 e. The van der Waals surface area contributed by atoms with Crippen LogP contribution in [0, 0.1) is 12.8 Å². The molecule has 1 aromatic rings. The molecule has 1 aromatic carbocycles. The third-order valence-corrected chi connectivity index (χ3v) is 2.63. The van der Waals surface area contributed by atoms with Crippen LogP contribution in [0.2, 0.25) is 0 Å². The third kappa shape index (κ3) is 4.49. The Balaban J connectivity index is 2.85. The Kier molecular flexibility index (Phi) is 5.86. The van der Waals surface area contributed by atoms with Gasteiger partial charge in [-0.2, -0.15) is 0 Å². The van der Waals surface area contributed by atoms with Crippen LogP contribution in [0.15, 0.2) is 24.3 Å². The number of benzene rings is 1. The van der Waals surface area contributed by atoms with Crippen molar-refractivity contribution in [1.29, 1.82) is 0 Å². The molecular formula is C15H23NO2. The van der Waals surface area contributed by atoms with Crippen molar-refractivity contribution in [2.24, 2.45) is 5.92 Å². The Bertz CT molecular complexity index is 388. The quantitative estimate of drug-likeness (QED) is 0.788. The van der Waals surface area contributed by atoms with Crippen molar-refractivity contribution in [3.05, 3.63) is 35.4 Å². The Hall–Kier alpha value is -1.35. The normalized spacial score (nSPS) is 12.5. The maximum atomic E-state index is 12.0. The van der Waals surface area contributed by atoms with Crippen LogP contribution in [0.4, 0.5) is 0 Å². The smallest absolute Gasteiger partial charge is 0.327 e. The maximum Gasteiger partial charge on any atom is 0.327 e. The monoisotopic (exact) mass is 249 g/mol. The summed E-state index contributed by atoms with van der Waals surface area (Å²) in [5, 5.41) is 3.27. The SMILES string of the molecule is CCOC(=O)C(NCC(C)C)c1cccc(C)c1. The standard InChI is InChI=1S/C15H23NO2/c1-5-18-15(17)14(16-10-11(2)3)13-8-6-7-12(4)9-13/h6-9,11,14,16H,5,10H2,1-4H3. The predicted molar refractivity (Wildman–Crippen MR) is 73.4 cm³/mol. The van der Waals surface area contributed by atoms with Gasteiger partial charge >= 0.3 is 5.97 Å². The number of esters is 1. The van der Waals surface area contributed by atoms with Crippen molar-refractivity contribution >= 4 is 5.97 Å². The van der Waals surface area contributed by atoms with E-state index in [0.29, 0.717) is 12.5 Å². The lowest BCUT2D eigenvalue weighted by Crippen LogP contribution is -2.32. The summed E-state index contributed by atoms with van der Waals surface area (Å²) in [4.78, 5) is 12.0. The Labute approximate surface area is 110 Å². The Morgan fingerprint density at radius 2 is 2.11 bits per heavy atom. The van der Waals surface area contributed by atoms with Crippen molar-refractivity contribution in [2.75, 3.05) is 13.2 Å². The number of carbonyl (C=O) groups excluding carboxylic acids is 1. The molecule has 0 bridgehead atoms. The van der Waals surface area contributed by atoms with E-state index in [-0.39, 0.29) is 12.0 Å². The van der Waals surface area contributed by atoms with Crippen molar-refractivity contribution in [1.82, 2.24) is 5.32 Å². The number of nitrogens with one attached hydrogen (secondary N) is 1. The first kappa shape index (κ1) is 14.7. The highest BCUT2D eigenvalue weighted by Crippen LogP contribution is 2.16. The van der Waals surface area contributed by atoms with Gasteiger partial charge in [0.2, 0.25) is 0 Å². The molecule has 0 heterocycles. The lowest BCUT2D eigenvalue weighted by molar-refractivity contribution is -0.145. The Morgan fingerprint density at radius 1 is 1.39 bits per heavy atom. The summed E-state index contributed by atoms with van der Waals surface area (Å²) in [7, 11) is 0. The molecule has 1 N–H and O–H groups in total. The molecule has 1 unspecified atom stereocenters. The molecule has 0 radical (unpaired) electrons. The summed E-state index contributed by atoms with van der Waals surface area (Å²) >= 11 is 0. The van der Waals surface area contributed by atoms with Crippen LogP contribution >= 0.6 is 0 Å². The second-order valence-electron chi connectivity index (χ2n) is 4.90. The average Bonchev–Trinajstić information content (AvgIpc) is 2.29. The highest BCUT2D eigenvalue weighted by atomic mass is 16.5. The molecular weight excluding hydrogens is 226 g/mol. The fraction of sp³-hybridized carbons (Fsp3) is 0.533. The fourth-order valence-electron chi connectivity index (χ4n) is 1.77. The first-order valence-corrected chi connectivity index (χ1v) is 6.51. The number of rotatable bonds is 6. The van der Waals surface area contributed by atoms with Crippen LogP contribution in [0.25, 0.3) is 0 Å². The molecule has 0 aliphatic rings. The highest BCUT2D eigenvalue weighted by Gasteiger charge is 2.21. The van der Waals surface area contributed by atoms with Crippen LogP contribution < -0.4 is 5.32 Å². The van der Waals surface area contributed by atoms with E-state index in [0.717, 1.165) is 17.7 Å². The molecule has 0 aliphatic carbocycles. The van der Waals surface area contributed by atoms with Crippen molar-refractivity contribution in [3.8, 4) is 0 Å². The third-order valence-electron chi connectivity index (χ3n) is 2.63. The van der Waals surface area contributed by atoms with E-state index in [1.165, 1.54) is 0 Å². The van der Waals surface area contributed by atoms with Crippen LogP contribution in [-0.4, -0.2) is 19.1 Å². The van der Waals surface area contributed by atoms with E-state index in [1.807, 2.05) is 38.1 Å². The van der Waals surface area contributed by atoms with Gasteiger partial charge in [-0.1, -0.05) is 43.7 Å². The zero-order chi connectivity index (χ0) is 13.5. The number of ether oxygens (including phenoxy) is 1. The van der Waals surface area contributed by atoms with Gasteiger partial charge in [0.25, 0.3) is 0 Å². The van der Waals surface area contributed by atoms with Gasteiger partial charge < -0.3 is 10.1 Å². The van der Waals surface area contributed by atoms with Crippen molar-refractivity contribution in [2.45, 2.75) is 33.7 Å². The molecule has 1 rings (SSSR count). The molecule has 3 nitrogen and oxygen atoms in total. The zero-order valence-corrected chi connectivity index (χ0v) is 11.7. The lowest BCUT2D eigenvalue weighted by Gasteiger charge is -2.19. The van der Waals surface area contributed by atoms with Gasteiger partial charge in [-0.05, 0) is 31.9 Å².